The van der Waals surface area contributed by atoms with Crippen molar-refractivity contribution in [3.63, 3.8) is 0 Å². The van der Waals surface area contributed by atoms with Crippen molar-refractivity contribution >= 4 is 34.5 Å². The second kappa shape index (κ2) is 9.82. The van der Waals surface area contributed by atoms with Crippen LogP contribution in [-0.2, 0) is 23.2 Å². The van der Waals surface area contributed by atoms with Crippen LogP contribution in [0.4, 0.5) is 4.39 Å². The van der Waals surface area contributed by atoms with Crippen LogP contribution in [0, 0.1) is 5.82 Å². The lowest BCUT2D eigenvalue weighted by molar-refractivity contribution is -0.140. The van der Waals surface area contributed by atoms with E-state index in [0.29, 0.717) is 0 Å². The molecule has 0 unspecified atom stereocenters. The summed E-state index contributed by atoms with van der Waals surface area (Å²) in [6, 6.07) is 13.6. The van der Waals surface area contributed by atoms with Gasteiger partial charge >= 0.3 is 0 Å². The van der Waals surface area contributed by atoms with Crippen LogP contribution in [0.2, 0.25) is 0 Å². The first-order chi connectivity index (χ1) is 16.5. The van der Waals surface area contributed by atoms with E-state index in [-0.39, 0.29) is 36.0 Å². The van der Waals surface area contributed by atoms with E-state index in [4.69, 9.17) is 0 Å². The highest BCUT2D eigenvalue weighted by atomic mass is 32.2. The number of para-hydroxylation sites is 1. The highest BCUT2D eigenvalue weighted by Gasteiger charge is 2.39. The molecule has 1 aliphatic carbocycles. The minimum Gasteiger partial charge on any atom is -0.351 e. The molecule has 1 N–H and O–H groups in total. The van der Waals surface area contributed by atoms with E-state index >= 15 is 0 Å². The number of benzene rings is 2. The maximum atomic E-state index is 14.0. The van der Waals surface area contributed by atoms with Crippen LogP contribution in [0.1, 0.15) is 55.7 Å². The van der Waals surface area contributed by atoms with Crippen molar-refractivity contribution in [3.8, 4) is 0 Å². The van der Waals surface area contributed by atoms with Gasteiger partial charge in [0.25, 0.3) is 0 Å². The monoisotopic (exact) mass is 479 g/mol. The zero-order valence-corrected chi connectivity index (χ0v) is 20.2. The van der Waals surface area contributed by atoms with Gasteiger partial charge < -0.3 is 14.8 Å². The molecule has 5 rings (SSSR count). The molecule has 0 spiro atoms. The van der Waals surface area contributed by atoms with Gasteiger partial charge in [0.05, 0.1) is 10.8 Å². The lowest BCUT2D eigenvalue weighted by Crippen LogP contribution is -2.46. The number of rotatable bonds is 4. The molecule has 2 amide bonds. The molecular formula is C27H30FN3O2S. The SMILES string of the molecule is Cn1c2c(c3ccccc31)[C@@H](C(=O)NC1CCCCCC1)N(Cc1ccc(F)cc1)C(=O)CS2. The van der Waals surface area contributed by atoms with Crippen molar-refractivity contribution in [1.29, 1.82) is 0 Å². The lowest BCUT2D eigenvalue weighted by atomic mass is 10.0. The quantitative estimate of drug-likeness (QED) is 0.515. The van der Waals surface area contributed by atoms with Crippen molar-refractivity contribution in [2.75, 3.05) is 5.75 Å². The summed E-state index contributed by atoms with van der Waals surface area (Å²) in [6.07, 6.45) is 6.58. The molecule has 0 bridgehead atoms. The van der Waals surface area contributed by atoms with Gasteiger partial charge in [-0.05, 0) is 36.6 Å². The first kappa shape index (κ1) is 23.0. The Kier molecular flexibility index (Phi) is 6.63. The third-order valence-electron chi connectivity index (χ3n) is 7.04. The molecule has 7 heteroatoms. The predicted molar refractivity (Wildman–Crippen MR) is 133 cm³/mol. The second-order valence-corrected chi connectivity index (χ2v) is 10.3. The lowest BCUT2D eigenvalue weighted by Gasteiger charge is -2.31. The van der Waals surface area contributed by atoms with Crippen LogP contribution < -0.4 is 5.32 Å². The number of aryl methyl sites for hydroxylation is 1. The van der Waals surface area contributed by atoms with Crippen molar-refractivity contribution < 1.29 is 14.0 Å². The Bertz CT molecular complexity index is 1200. The molecule has 178 valence electrons. The summed E-state index contributed by atoms with van der Waals surface area (Å²) in [4.78, 5) is 29.1. The number of carbonyl (C=O) groups excluding carboxylic acids is 2. The molecule has 34 heavy (non-hydrogen) atoms. The summed E-state index contributed by atoms with van der Waals surface area (Å²) < 4.78 is 15.6. The number of fused-ring (bicyclic) bond motifs is 3. The minimum atomic E-state index is -0.739. The number of aromatic nitrogens is 1. The van der Waals surface area contributed by atoms with Crippen molar-refractivity contribution in [2.24, 2.45) is 7.05 Å². The van der Waals surface area contributed by atoms with Gasteiger partial charge in [-0.25, -0.2) is 4.39 Å². The van der Waals surface area contributed by atoms with Gasteiger partial charge in [0.2, 0.25) is 11.8 Å². The van der Waals surface area contributed by atoms with Gasteiger partial charge in [-0.15, -0.1) is 0 Å². The van der Waals surface area contributed by atoms with E-state index in [9.17, 15) is 14.0 Å². The molecule has 2 aliphatic rings. The maximum absolute atomic E-state index is 14.0. The summed E-state index contributed by atoms with van der Waals surface area (Å²) in [5, 5.41) is 5.25. The Hall–Kier alpha value is -2.80. The fourth-order valence-electron chi connectivity index (χ4n) is 5.29. The van der Waals surface area contributed by atoms with Crippen LogP contribution in [-0.4, -0.2) is 33.1 Å². The number of hydrogen-bond donors (Lipinski definition) is 1. The summed E-state index contributed by atoms with van der Waals surface area (Å²) >= 11 is 1.49. The summed E-state index contributed by atoms with van der Waals surface area (Å²) in [7, 11) is 1.99. The molecule has 5 nitrogen and oxygen atoms in total. The number of hydrogen-bond acceptors (Lipinski definition) is 3. The first-order valence-electron chi connectivity index (χ1n) is 12.1. The molecule has 1 saturated carbocycles. The fourth-order valence-corrected chi connectivity index (χ4v) is 6.39. The largest absolute Gasteiger partial charge is 0.351 e. The van der Waals surface area contributed by atoms with Crippen LogP contribution in [0.15, 0.2) is 53.6 Å². The minimum absolute atomic E-state index is 0.0874. The molecule has 1 fully saturated rings. The molecule has 1 atom stereocenters. The molecule has 2 aromatic carbocycles. The number of nitrogens with one attached hydrogen (secondary N) is 1. The normalized spacial score (nSPS) is 19.5. The summed E-state index contributed by atoms with van der Waals surface area (Å²) in [5.41, 5.74) is 2.74. The molecule has 1 aromatic heterocycles. The van der Waals surface area contributed by atoms with E-state index in [2.05, 4.69) is 16.0 Å². The molecule has 3 aromatic rings. The number of amides is 2. The van der Waals surface area contributed by atoms with Crippen LogP contribution >= 0.6 is 11.8 Å². The third-order valence-corrected chi connectivity index (χ3v) is 8.20. The van der Waals surface area contributed by atoms with E-state index in [0.717, 1.165) is 52.7 Å². The Balaban J connectivity index is 1.59. The Labute approximate surface area is 203 Å². The van der Waals surface area contributed by atoms with E-state index in [1.807, 2.05) is 25.2 Å². The van der Waals surface area contributed by atoms with Crippen LogP contribution in [0.25, 0.3) is 10.9 Å². The molecular weight excluding hydrogens is 449 g/mol. The van der Waals surface area contributed by atoms with E-state index < -0.39 is 6.04 Å². The number of thioether (sulfide) groups is 1. The van der Waals surface area contributed by atoms with E-state index in [1.54, 1.807) is 17.0 Å². The highest BCUT2D eigenvalue weighted by Crippen LogP contribution is 2.42. The van der Waals surface area contributed by atoms with Gasteiger partial charge in [0.1, 0.15) is 11.9 Å². The van der Waals surface area contributed by atoms with Crippen molar-refractivity contribution in [2.45, 2.75) is 62.2 Å². The van der Waals surface area contributed by atoms with Gasteiger partial charge in [0.15, 0.2) is 0 Å². The predicted octanol–water partition coefficient (Wildman–Crippen LogP) is 5.33. The van der Waals surface area contributed by atoms with Crippen LogP contribution in [0.5, 0.6) is 0 Å². The summed E-state index contributed by atoms with van der Waals surface area (Å²) in [5.74, 6) is -0.274. The summed E-state index contributed by atoms with van der Waals surface area (Å²) in [6.45, 7) is 0.255. The molecule has 2 heterocycles. The fraction of sp³-hybridized carbons (Fsp3) is 0.407. The molecule has 1 aliphatic heterocycles. The average Bonchev–Trinajstić information content (AvgIpc) is 3.01. The molecule has 0 radical (unpaired) electrons. The smallest absolute Gasteiger partial charge is 0.247 e. The third kappa shape index (κ3) is 4.45. The maximum Gasteiger partial charge on any atom is 0.247 e. The highest BCUT2D eigenvalue weighted by molar-refractivity contribution is 8.00. The zero-order chi connectivity index (χ0) is 23.7. The zero-order valence-electron chi connectivity index (χ0n) is 19.4. The Morgan fingerprint density at radius 2 is 1.76 bits per heavy atom. The van der Waals surface area contributed by atoms with Crippen LogP contribution in [0.3, 0.4) is 0 Å². The second-order valence-electron chi connectivity index (χ2n) is 9.33. The van der Waals surface area contributed by atoms with E-state index in [1.165, 1.54) is 36.7 Å². The van der Waals surface area contributed by atoms with Gasteiger partial charge in [-0.1, -0.05) is 67.8 Å². The van der Waals surface area contributed by atoms with Gasteiger partial charge in [0, 0.05) is 36.1 Å². The topological polar surface area (TPSA) is 54.3 Å². The Morgan fingerprint density at radius 1 is 1.06 bits per heavy atom. The number of carbonyl (C=O) groups is 2. The van der Waals surface area contributed by atoms with Gasteiger partial charge in [-0.2, -0.15) is 0 Å². The van der Waals surface area contributed by atoms with Crippen molar-refractivity contribution in [3.05, 3.63) is 65.5 Å². The van der Waals surface area contributed by atoms with Gasteiger partial charge in [-0.3, -0.25) is 9.59 Å². The standard InChI is InChI=1S/C27H30FN3O2S/c1-30-22-11-7-6-10-21(22)24-25(26(33)29-20-8-4-2-3-5-9-20)31(23(32)17-34-27(24)30)16-18-12-14-19(28)15-13-18/h6-7,10-15,20,25H,2-5,8-9,16-17H2,1H3,(H,29,33)/t25-/m0/s1. The average molecular weight is 480 g/mol. The number of nitrogens with zero attached hydrogens (tertiary/aromatic N) is 2. The number of halogens is 1. The van der Waals surface area contributed by atoms with Crippen molar-refractivity contribution in [1.82, 2.24) is 14.8 Å². The molecule has 0 saturated heterocycles. The Morgan fingerprint density at radius 3 is 2.50 bits per heavy atom. The first-order valence-corrected chi connectivity index (χ1v) is 13.1.